The van der Waals surface area contributed by atoms with Gasteiger partial charge in [0.2, 0.25) is 0 Å². The number of hydrogen-bond donors (Lipinski definition) is 0. The lowest BCUT2D eigenvalue weighted by atomic mass is 10.0. The quantitative estimate of drug-likeness (QED) is 0.0262. The lowest BCUT2D eigenvalue weighted by Gasteiger charge is -2.18. The second kappa shape index (κ2) is 53.5. The summed E-state index contributed by atoms with van der Waals surface area (Å²) in [6, 6.07) is 0. The molecule has 374 valence electrons. The van der Waals surface area contributed by atoms with Crippen molar-refractivity contribution in [1.82, 2.24) is 0 Å². The number of esters is 3. The van der Waals surface area contributed by atoms with E-state index in [4.69, 9.17) is 14.2 Å². The molecule has 6 heteroatoms. The molecule has 0 saturated carbocycles. The van der Waals surface area contributed by atoms with Crippen LogP contribution in [0.3, 0.4) is 0 Å². The van der Waals surface area contributed by atoms with Gasteiger partial charge in [0.25, 0.3) is 0 Å². The average Bonchev–Trinajstić information content (AvgIpc) is 3.30. The minimum absolute atomic E-state index is 0.104. The molecule has 0 aliphatic heterocycles. The minimum Gasteiger partial charge on any atom is -0.462 e. The highest BCUT2D eigenvalue weighted by Gasteiger charge is 2.19. The summed E-state index contributed by atoms with van der Waals surface area (Å²) in [5.41, 5.74) is 0. The zero-order chi connectivity index (χ0) is 47.2. The van der Waals surface area contributed by atoms with Gasteiger partial charge in [0.1, 0.15) is 13.2 Å². The van der Waals surface area contributed by atoms with E-state index in [1.807, 2.05) is 0 Å². The summed E-state index contributed by atoms with van der Waals surface area (Å²) in [7, 11) is 0. The number of unbranched alkanes of at least 4 members (excludes halogenated alkanes) is 26. The Kier molecular flexibility index (Phi) is 50.9. The number of carbonyl (C=O) groups excluding carboxylic acids is 3. The predicted octanol–water partition coefficient (Wildman–Crippen LogP) is 18.2. The third-order valence-corrected chi connectivity index (χ3v) is 11.7. The molecular formula is C59H102O6. The maximum atomic E-state index is 12.8. The number of ether oxygens (including phenoxy) is 3. The predicted molar refractivity (Wildman–Crippen MR) is 279 cm³/mol. The van der Waals surface area contributed by atoms with Gasteiger partial charge in [0.15, 0.2) is 6.10 Å². The van der Waals surface area contributed by atoms with Crippen molar-refractivity contribution >= 4 is 17.9 Å². The second-order valence-corrected chi connectivity index (χ2v) is 18.1. The van der Waals surface area contributed by atoms with E-state index >= 15 is 0 Å². The van der Waals surface area contributed by atoms with Crippen LogP contribution in [-0.4, -0.2) is 37.2 Å². The zero-order valence-electron chi connectivity index (χ0n) is 42.7. The van der Waals surface area contributed by atoms with Crippen molar-refractivity contribution in [3.8, 4) is 0 Å². The van der Waals surface area contributed by atoms with Crippen LogP contribution >= 0.6 is 0 Å². The summed E-state index contributed by atoms with van der Waals surface area (Å²) >= 11 is 0. The highest BCUT2D eigenvalue weighted by atomic mass is 16.6. The maximum Gasteiger partial charge on any atom is 0.306 e. The summed E-state index contributed by atoms with van der Waals surface area (Å²) in [4.78, 5) is 38.0. The van der Waals surface area contributed by atoms with E-state index in [1.165, 1.54) is 148 Å². The molecule has 0 fully saturated rings. The SMILES string of the molecule is CCCCC/C=C\C/C=C\C/C=C\CCCCC(=O)O[C@H](COC(=O)CCC/C=C\C/C=C\C/C=C\CCCCCCCC)COC(=O)CCCCCCCCCCCCCCCCC. The first-order valence-corrected chi connectivity index (χ1v) is 27.4. The first kappa shape index (κ1) is 61.9. The van der Waals surface area contributed by atoms with Crippen molar-refractivity contribution in [3.63, 3.8) is 0 Å². The van der Waals surface area contributed by atoms with Crippen molar-refractivity contribution < 1.29 is 28.6 Å². The number of carbonyl (C=O) groups is 3. The fraction of sp³-hybridized carbons (Fsp3) is 0.746. The smallest absolute Gasteiger partial charge is 0.306 e. The molecule has 0 aliphatic carbocycles. The maximum absolute atomic E-state index is 12.8. The van der Waals surface area contributed by atoms with Crippen LogP contribution in [0.2, 0.25) is 0 Å². The zero-order valence-corrected chi connectivity index (χ0v) is 42.7. The Morgan fingerprint density at radius 3 is 0.985 bits per heavy atom. The van der Waals surface area contributed by atoms with Crippen LogP contribution in [0.25, 0.3) is 0 Å². The third-order valence-electron chi connectivity index (χ3n) is 11.7. The Morgan fingerprint density at radius 2 is 0.569 bits per heavy atom. The van der Waals surface area contributed by atoms with Gasteiger partial charge in [0, 0.05) is 19.3 Å². The Hall–Kier alpha value is -3.15. The second-order valence-electron chi connectivity index (χ2n) is 18.1. The van der Waals surface area contributed by atoms with Crippen LogP contribution in [0, 0.1) is 0 Å². The molecule has 0 aromatic carbocycles. The monoisotopic (exact) mass is 907 g/mol. The third kappa shape index (κ3) is 51.7. The summed E-state index contributed by atoms with van der Waals surface area (Å²) < 4.78 is 16.8. The van der Waals surface area contributed by atoms with Crippen molar-refractivity contribution in [3.05, 3.63) is 72.9 Å². The Balaban J connectivity index is 4.50. The van der Waals surface area contributed by atoms with Gasteiger partial charge in [-0.2, -0.15) is 0 Å². The highest BCUT2D eigenvalue weighted by Crippen LogP contribution is 2.15. The molecule has 0 heterocycles. The molecule has 0 radical (unpaired) electrons. The van der Waals surface area contributed by atoms with Gasteiger partial charge in [-0.1, -0.05) is 229 Å². The van der Waals surface area contributed by atoms with Crippen LogP contribution in [0.1, 0.15) is 265 Å². The van der Waals surface area contributed by atoms with Gasteiger partial charge >= 0.3 is 17.9 Å². The molecule has 0 N–H and O–H groups in total. The number of hydrogen-bond acceptors (Lipinski definition) is 6. The minimum atomic E-state index is -0.814. The van der Waals surface area contributed by atoms with Gasteiger partial charge in [-0.15, -0.1) is 0 Å². The molecule has 0 aliphatic rings. The van der Waals surface area contributed by atoms with Crippen LogP contribution in [-0.2, 0) is 28.6 Å². The van der Waals surface area contributed by atoms with E-state index in [0.717, 1.165) is 64.2 Å². The van der Waals surface area contributed by atoms with E-state index < -0.39 is 6.10 Å². The van der Waals surface area contributed by atoms with Gasteiger partial charge in [-0.3, -0.25) is 14.4 Å². The standard InChI is InChI=1S/C59H102O6/c1-4-7-10-13-16-19-22-25-28-29-32-34-37-40-43-46-49-52-58(61)64-55-56(65-59(62)53-50-47-44-41-38-35-31-27-24-21-18-15-12-9-6-3)54-63-57(60)51-48-45-42-39-36-33-30-26-23-20-17-14-11-8-5-2/h18,21,25,27-28,31-32,34,38,40-41,43,56H,4-17,19-20,22-24,26,29-30,33,35-37,39,42,44-55H2,1-3H3/b21-18-,28-25-,31-27-,34-32-,41-38-,43-40-/t56-/m0/s1. The van der Waals surface area contributed by atoms with E-state index in [0.29, 0.717) is 19.3 Å². The molecule has 0 unspecified atom stereocenters. The topological polar surface area (TPSA) is 78.9 Å². The number of allylic oxidation sites excluding steroid dienone is 12. The first-order valence-electron chi connectivity index (χ1n) is 27.4. The van der Waals surface area contributed by atoms with E-state index in [-0.39, 0.29) is 44.0 Å². The van der Waals surface area contributed by atoms with Gasteiger partial charge in [-0.25, -0.2) is 0 Å². The van der Waals surface area contributed by atoms with Crippen LogP contribution in [0.15, 0.2) is 72.9 Å². The highest BCUT2D eigenvalue weighted by molar-refractivity contribution is 5.71. The van der Waals surface area contributed by atoms with Gasteiger partial charge in [0.05, 0.1) is 0 Å². The molecule has 0 amide bonds. The molecule has 0 rings (SSSR count). The molecule has 6 nitrogen and oxygen atoms in total. The molecule has 0 spiro atoms. The van der Waals surface area contributed by atoms with E-state index in [2.05, 4.69) is 93.7 Å². The van der Waals surface area contributed by atoms with Crippen LogP contribution in [0.4, 0.5) is 0 Å². The average molecular weight is 907 g/mol. The van der Waals surface area contributed by atoms with E-state index in [1.54, 1.807) is 0 Å². The van der Waals surface area contributed by atoms with Crippen molar-refractivity contribution in [2.24, 2.45) is 0 Å². The van der Waals surface area contributed by atoms with Crippen molar-refractivity contribution in [1.29, 1.82) is 0 Å². The van der Waals surface area contributed by atoms with Crippen LogP contribution in [0.5, 0.6) is 0 Å². The van der Waals surface area contributed by atoms with Gasteiger partial charge < -0.3 is 14.2 Å². The number of rotatable bonds is 49. The largest absolute Gasteiger partial charge is 0.462 e. The summed E-state index contributed by atoms with van der Waals surface area (Å²) in [6.45, 7) is 6.54. The Bertz CT molecular complexity index is 1230. The Morgan fingerprint density at radius 1 is 0.308 bits per heavy atom. The van der Waals surface area contributed by atoms with Crippen molar-refractivity contribution in [2.75, 3.05) is 13.2 Å². The first-order chi connectivity index (χ1) is 32.0. The molecule has 0 saturated heterocycles. The Labute approximate surface area is 402 Å². The molecule has 65 heavy (non-hydrogen) atoms. The summed E-state index contributed by atoms with van der Waals surface area (Å²) in [5.74, 6) is -0.992. The molecule has 0 aromatic heterocycles. The molecule has 0 aromatic rings. The molecule has 0 bridgehead atoms. The van der Waals surface area contributed by atoms with Crippen molar-refractivity contribution in [2.45, 2.75) is 271 Å². The summed E-state index contributed by atoms with van der Waals surface area (Å²) in [6.07, 6.45) is 67.5. The van der Waals surface area contributed by atoms with Gasteiger partial charge in [-0.05, 0) is 89.9 Å². The fourth-order valence-corrected chi connectivity index (χ4v) is 7.52. The normalized spacial score (nSPS) is 12.6. The molecular weight excluding hydrogens is 805 g/mol. The lowest BCUT2D eigenvalue weighted by Crippen LogP contribution is -2.30. The lowest BCUT2D eigenvalue weighted by molar-refractivity contribution is -0.167. The summed E-state index contributed by atoms with van der Waals surface area (Å²) in [5, 5.41) is 0. The van der Waals surface area contributed by atoms with E-state index in [9.17, 15) is 14.4 Å². The van der Waals surface area contributed by atoms with Crippen LogP contribution < -0.4 is 0 Å². The molecule has 1 atom stereocenters. The fourth-order valence-electron chi connectivity index (χ4n) is 7.52.